The molecule has 9 rings (SSSR count). The highest BCUT2D eigenvalue weighted by Gasteiger charge is 2.51. The Balaban J connectivity index is 1.04. The van der Waals surface area contributed by atoms with E-state index in [9.17, 15) is 24.3 Å². The Bertz CT molecular complexity index is 2450. The van der Waals surface area contributed by atoms with Gasteiger partial charge in [-0.3, -0.25) is 27.9 Å². The number of phosphoric ester groups is 1. The molecule has 4 aromatic carbocycles. The number of aromatic nitrogens is 4. The molecule has 0 amide bonds. The number of imidazole rings is 1. The van der Waals surface area contributed by atoms with Crippen LogP contribution < -0.4 is 11.3 Å². The van der Waals surface area contributed by atoms with E-state index in [1.54, 1.807) is 0 Å². The number of aliphatic hydroxyl groups excluding tert-OH is 1. The maximum Gasteiger partial charge on any atom is 0.472 e. The van der Waals surface area contributed by atoms with Crippen molar-refractivity contribution >= 4 is 75.8 Å². The quantitative estimate of drug-likeness (QED) is 0.127. The third kappa shape index (κ3) is 5.46. The molecule has 260 valence electrons. The molecule has 2 bridgehead atoms. The molecule has 0 saturated carbocycles. The summed E-state index contributed by atoms with van der Waals surface area (Å²) in [5, 5.41) is 17.7. The molecule has 0 spiro atoms. The molecule has 2 aromatic heterocycles. The number of aliphatic hydroxyl groups is 1. The van der Waals surface area contributed by atoms with Gasteiger partial charge in [-0.1, -0.05) is 54.6 Å². The Morgan fingerprint density at radius 3 is 2.44 bits per heavy atom. The van der Waals surface area contributed by atoms with E-state index in [2.05, 4.69) is 45.3 Å². The Morgan fingerprint density at radius 2 is 1.64 bits per heavy atom. The summed E-state index contributed by atoms with van der Waals surface area (Å²) in [7, 11) is -4.80. The number of hydrogen-bond donors (Lipinski definition) is 5. The van der Waals surface area contributed by atoms with Crippen LogP contribution in [0.2, 0.25) is 0 Å². The second-order valence-corrected chi connectivity index (χ2v) is 16.7. The lowest BCUT2D eigenvalue weighted by molar-refractivity contribution is -0.0597. The van der Waals surface area contributed by atoms with Gasteiger partial charge in [0, 0.05) is 6.42 Å². The van der Waals surface area contributed by atoms with E-state index in [-0.39, 0.29) is 30.1 Å². The first-order chi connectivity index (χ1) is 23.9. The summed E-state index contributed by atoms with van der Waals surface area (Å²) in [5.41, 5.74) is 5.88. The number of nitrogens with one attached hydrogen (secondary N) is 1. The van der Waals surface area contributed by atoms with Gasteiger partial charge in [0.25, 0.3) is 5.56 Å². The molecule has 6 N–H and O–H groups in total. The van der Waals surface area contributed by atoms with Crippen LogP contribution in [0.15, 0.2) is 65.7 Å². The third-order valence-corrected chi connectivity index (χ3v) is 12.0. The Labute approximate surface area is 286 Å². The SMILES string of the molecule is Nc1nc2c(ncn2[C@@H]2O[C@@H]3COP(=O)(O)O[C@@H]4C[C@H](c5ccc6ccc7cccc8ccc5c6c78)O[C@@H]4COP(O)(=S)O[C@H]2C3O)c(=O)[nH]1. The van der Waals surface area contributed by atoms with Crippen LogP contribution in [0.1, 0.15) is 24.3 Å². The highest BCUT2D eigenvalue weighted by molar-refractivity contribution is 8.07. The van der Waals surface area contributed by atoms with Crippen molar-refractivity contribution in [1.29, 1.82) is 0 Å². The van der Waals surface area contributed by atoms with Crippen molar-refractivity contribution in [1.82, 2.24) is 19.5 Å². The number of H-pyrrole nitrogens is 1. The highest BCUT2D eigenvalue weighted by Crippen LogP contribution is 2.54. The van der Waals surface area contributed by atoms with Crippen LogP contribution in [0.5, 0.6) is 0 Å². The molecular formula is C31H29N5O11P2S. The summed E-state index contributed by atoms with van der Waals surface area (Å²) in [4.78, 5) is 45.0. The monoisotopic (exact) mass is 741 g/mol. The third-order valence-electron chi connectivity index (χ3n) is 9.47. The molecule has 3 saturated heterocycles. The van der Waals surface area contributed by atoms with Crippen LogP contribution in [-0.2, 0) is 43.9 Å². The minimum atomic E-state index is -4.80. The standard InChI is InChI=1S/C31H29N5O11P2S/c32-31-34-28-25(29(38)35-31)33-13-36(28)30-27-26(37)22(45-30)12-42-48(39,40)46-20-10-19(44-21(20)11-43-49(41,50)47-27)17-8-6-16-5-4-14-2-1-3-15-7-9-18(17)24(16)23(14)15/h1-9,13,19-22,26-27,30,37H,10-12H2,(H,39,40)(H,41,50)(H3,32,34,35,38)/t19-,20-,21-,22-,26?,27+,30-,49?/m1/s1. The number of phosphoric acid groups is 1. The van der Waals surface area contributed by atoms with Gasteiger partial charge in [-0.15, -0.1) is 0 Å². The molecule has 3 aliphatic rings. The lowest BCUT2D eigenvalue weighted by atomic mass is 9.90. The number of benzene rings is 4. The summed E-state index contributed by atoms with van der Waals surface area (Å²) >= 11 is 5.36. The number of fused-ring (bicyclic) bond motifs is 4. The van der Waals surface area contributed by atoms with Crippen molar-refractivity contribution < 1.29 is 47.0 Å². The van der Waals surface area contributed by atoms with Crippen LogP contribution in [0, 0.1) is 0 Å². The number of hydrogen-bond acceptors (Lipinski definition) is 13. The largest absolute Gasteiger partial charge is 0.472 e. The van der Waals surface area contributed by atoms with Crippen molar-refractivity contribution in [3.63, 3.8) is 0 Å². The molecule has 9 atom stereocenters. The molecule has 19 heteroatoms. The van der Waals surface area contributed by atoms with E-state index in [1.807, 2.05) is 24.3 Å². The number of anilines is 1. The smallest absolute Gasteiger partial charge is 0.387 e. The molecular weight excluding hydrogens is 712 g/mol. The van der Waals surface area contributed by atoms with E-state index >= 15 is 0 Å². The van der Waals surface area contributed by atoms with Gasteiger partial charge in [-0.25, -0.2) is 9.55 Å². The predicted octanol–water partition coefficient (Wildman–Crippen LogP) is 3.52. The molecule has 6 aromatic rings. The molecule has 3 unspecified atom stereocenters. The van der Waals surface area contributed by atoms with Crippen molar-refractivity contribution in [2.24, 2.45) is 0 Å². The first-order valence-corrected chi connectivity index (χ1v) is 19.7. The van der Waals surface area contributed by atoms with Crippen LogP contribution >= 0.6 is 14.5 Å². The van der Waals surface area contributed by atoms with Crippen LogP contribution in [0.4, 0.5) is 5.95 Å². The first kappa shape index (κ1) is 32.5. The summed E-state index contributed by atoms with van der Waals surface area (Å²) in [6.45, 7) is -5.18. The van der Waals surface area contributed by atoms with Gasteiger partial charge in [-0.05, 0) is 49.7 Å². The van der Waals surface area contributed by atoms with Crippen LogP contribution in [0.3, 0.4) is 0 Å². The lowest BCUT2D eigenvalue weighted by Gasteiger charge is -2.27. The topological polar surface area (TPSA) is 223 Å². The van der Waals surface area contributed by atoms with E-state index in [1.165, 1.54) is 10.9 Å². The molecule has 16 nitrogen and oxygen atoms in total. The zero-order valence-corrected chi connectivity index (χ0v) is 28.4. The fourth-order valence-electron chi connectivity index (χ4n) is 7.26. The van der Waals surface area contributed by atoms with Crippen molar-refractivity contribution in [3.8, 4) is 0 Å². The number of ether oxygens (including phenoxy) is 2. The zero-order chi connectivity index (χ0) is 34.5. The van der Waals surface area contributed by atoms with Crippen LogP contribution in [-0.4, -0.2) is 78.1 Å². The molecule has 50 heavy (non-hydrogen) atoms. The molecule has 0 aliphatic carbocycles. The fourth-order valence-corrected chi connectivity index (χ4v) is 9.63. The zero-order valence-electron chi connectivity index (χ0n) is 25.8. The number of rotatable bonds is 2. The summed E-state index contributed by atoms with van der Waals surface area (Å²) in [6.07, 6.45) is -6.81. The van der Waals surface area contributed by atoms with Gasteiger partial charge in [0.15, 0.2) is 17.4 Å². The van der Waals surface area contributed by atoms with E-state index < -0.39 is 69.6 Å². The van der Waals surface area contributed by atoms with Crippen molar-refractivity contribution in [2.45, 2.75) is 49.3 Å². The van der Waals surface area contributed by atoms with E-state index in [0.29, 0.717) is 0 Å². The molecule has 3 aliphatic heterocycles. The second-order valence-electron chi connectivity index (χ2n) is 12.5. The minimum Gasteiger partial charge on any atom is -0.387 e. The number of nitrogens with two attached hydrogens (primary N) is 1. The van der Waals surface area contributed by atoms with Gasteiger partial charge < -0.3 is 34.6 Å². The van der Waals surface area contributed by atoms with Crippen molar-refractivity contribution in [2.75, 3.05) is 18.9 Å². The average Bonchev–Trinajstić information content (AvgIpc) is 3.76. The summed E-state index contributed by atoms with van der Waals surface area (Å²) in [6, 6.07) is 18.4. The van der Waals surface area contributed by atoms with E-state index in [4.69, 9.17) is 45.1 Å². The minimum absolute atomic E-state index is 0.0110. The Morgan fingerprint density at radius 1 is 0.920 bits per heavy atom. The number of aromatic amines is 1. The highest BCUT2D eigenvalue weighted by atomic mass is 32.5. The maximum atomic E-state index is 13.4. The van der Waals surface area contributed by atoms with Gasteiger partial charge in [0.1, 0.15) is 30.5 Å². The van der Waals surface area contributed by atoms with Crippen molar-refractivity contribution in [3.05, 3.63) is 76.8 Å². The predicted molar refractivity (Wildman–Crippen MR) is 183 cm³/mol. The van der Waals surface area contributed by atoms with Crippen LogP contribution in [0.25, 0.3) is 43.5 Å². The average molecular weight is 742 g/mol. The summed E-state index contributed by atoms with van der Waals surface area (Å²) in [5.74, 6) is -0.206. The molecule has 3 fully saturated rings. The first-order valence-electron chi connectivity index (χ1n) is 15.6. The van der Waals surface area contributed by atoms with E-state index in [0.717, 1.165) is 37.9 Å². The van der Waals surface area contributed by atoms with Gasteiger partial charge in [0.05, 0.1) is 25.6 Å². The number of nitrogen functional groups attached to an aromatic ring is 1. The normalized spacial score (nSPS) is 33.9. The Hall–Kier alpha value is -3.41. The number of nitrogens with zero attached hydrogens (tertiary/aromatic N) is 3. The lowest BCUT2D eigenvalue weighted by Crippen LogP contribution is -2.35. The second kappa shape index (κ2) is 11.8. The molecule has 5 heterocycles. The van der Waals surface area contributed by atoms with Gasteiger partial charge >= 0.3 is 14.5 Å². The van der Waals surface area contributed by atoms with Gasteiger partial charge in [0.2, 0.25) is 5.95 Å². The van der Waals surface area contributed by atoms with Gasteiger partial charge in [-0.2, -0.15) is 4.98 Å². The summed E-state index contributed by atoms with van der Waals surface area (Å²) < 4.78 is 49.6. The molecule has 0 radical (unpaired) electrons. The fraction of sp³-hybridized carbons (Fsp3) is 0.323. The Kier molecular flexibility index (Phi) is 7.68. The maximum absolute atomic E-state index is 13.4.